The minimum atomic E-state index is -2.96. The molecule has 0 saturated carbocycles. The predicted octanol–water partition coefficient (Wildman–Crippen LogP) is 7.24. The Morgan fingerprint density at radius 1 is 0.976 bits per heavy atom. The van der Waals surface area contributed by atoms with E-state index in [1.54, 1.807) is 19.2 Å². The van der Waals surface area contributed by atoms with E-state index in [1.807, 2.05) is 67.6 Å². The van der Waals surface area contributed by atoms with Crippen LogP contribution in [0, 0.1) is 5.92 Å². The zero-order chi connectivity index (χ0) is 29.4. The van der Waals surface area contributed by atoms with Gasteiger partial charge in [0.05, 0.1) is 18.5 Å². The fourth-order valence-corrected chi connectivity index (χ4v) is 5.50. The topological polar surface area (TPSA) is 66.5 Å². The molecule has 3 atom stereocenters. The Morgan fingerprint density at radius 3 is 2.38 bits per heavy atom. The molecule has 4 aromatic carbocycles. The number of hydrogen-bond donors (Lipinski definition) is 1. The maximum absolute atomic E-state index is 13.8. The van der Waals surface area contributed by atoms with Crippen LogP contribution in [0.2, 0.25) is 0 Å². The van der Waals surface area contributed by atoms with Gasteiger partial charge in [-0.15, -0.1) is 0 Å². The Kier molecular flexibility index (Phi) is 7.24. The minimum Gasteiger partial charge on any atom is -0.496 e. The van der Waals surface area contributed by atoms with E-state index in [-0.39, 0.29) is 11.5 Å². The average molecular weight is 568 g/mol. The summed E-state index contributed by atoms with van der Waals surface area (Å²) < 4.78 is 39.4. The molecule has 3 unspecified atom stereocenters. The summed E-state index contributed by atoms with van der Waals surface area (Å²) in [6, 6.07) is 29.9. The summed E-state index contributed by atoms with van der Waals surface area (Å²) in [5, 5.41) is 9.24. The Hall–Kier alpha value is -4.56. The van der Waals surface area contributed by atoms with Crippen molar-refractivity contribution in [2.24, 2.45) is 11.0 Å². The number of ether oxygens (including phenoxy) is 2. The maximum atomic E-state index is 13.8. The van der Waals surface area contributed by atoms with Crippen molar-refractivity contribution in [3.63, 3.8) is 0 Å². The number of carbonyl (C=O) groups excluding carboxylic acids is 1. The van der Waals surface area contributed by atoms with Crippen LogP contribution in [0.4, 0.5) is 20.2 Å². The highest BCUT2D eigenvalue weighted by Gasteiger charge is 2.53. The third-order valence-electron chi connectivity index (χ3n) is 7.64. The summed E-state index contributed by atoms with van der Waals surface area (Å²) in [7, 11) is 1.66. The van der Waals surface area contributed by atoms with Crippen molar-refractivity contribution < 1.29 is 23.0 Å². The predicted molar refractivity (Wildman–Crippen MR) is 160 cm³/mol. The van der Waals surface area contributed by atoms with E-state index in [4.69, 9.17) is 9.47 Å². The molecule has 2 heterocycles. The number of nitrogens with one attached hydrogen (secondary N) is 1. The lowest BCUT2D eigenvalue weighted by atomic mass is 9.95. The van der Waals surface area contributed by atoms with E-state index in [0.29, 0.717) is 23.5 Å². The van der Waals surface area contributed by atoms with Gasteiger partial charge in [0.2, 0.25) is 0 Å². The lowest BCUT2D eigenvalue weighted by Crippen LogP contribution is -2.32. The van der Waals surface area contributed by atoms with Crippen LogP contribution in [-0.4, -0.2) is 31.1 Å². The number of methoxy groups -OCH3 is 1. The largest absolute Gasteiger partial charge is 0.496 e. The van der Waals surface area contributed by atoms with Crippen molar-refractivity contribution in [1.82, 2.24) is 0 Å². The van der Waals surface area contributed by atoms with Crippen molar-refractivity contribution in [1.29, 1.82) is 0 Å². The Bertz CT molecular complexity index is 1640. The second kappa shape index (κ2) is 11.0. The highest BCUT2D eigenvalue weighted by Crippen LogP contribution is 2.42. The number of hydrogen-bond acceptors (Lipinski definition) is 5. The second-order valence-corrected chi connectivity index (χ2v) is 10.7. The van der Waals surface area contributed by atoms with Crippen LogP contribution in [0.25, 0.3) is 11.1 Å². The van der Waals surface area contributed by atoms with Gasteiger partial charge in [0, 0.05) is 35.7 Å². The molecule has 2 aliphatic heterocycles. The molecule has 0 bridgehead atoms. The molecular formula is C34H31F2N3O3. The molecule has 6 nitrogen and oxygen atoms in total. The van der Waals surface area contributed by atoms with Gasteiger partial charge in [0.15, 0.2) is 6.23 Å². The lowest BCUT2D eigenvalue weighted by Gasteiger charge is -2.20. The number of amides is 1. The second-order valence-electron chi connectivity index (χ2n) is 10.7. The van der Waals surface area contributed by atoms with Crippen molar-refractivity contribution in [2.45, 2.75) is 38.5 Å². The molecular weight excluding hydrogens is 536 g/mol. The van der Waals surface area contributed by atoms with Crippen molar-refractivity contribution in [3.05, 3.63) is 114 Å². The number of epoxide rings is 1. The molecule has 1 N–H and O–H groups in total. The van der Waals surface area contributed by atoms with Gasteiger partial charge < -0.3 is 14.8 Å². The first-order chi connectivity index (χ1) is 20.2. The molecule has 42 heavy (non-hydrogen) atoms. The number of benzene rings is 4. The van der Waals surface area contributed by atoms with Crippen molar-refractivity contribution in [3.8, 4) is 16.9 Å². The van der Waals surface area contributed by atoms with Gasteiger partial charge in [-0.25, -0.2) is 13.8 Å². The van der Waals surface area contributed by atoms with Gasteiger partial charge in [0.25, 0.3) is 11.8 Å². The minimum absolute atomic E-state index is 0.0920. The zero-order valence-corrected chi connectivity index (χ0v) is 23.6. The number of alkyl halides is 2. The quantitative estimate of drug-likeness (QED) is 0.217. The third-order valence-corrected chi connectivity index (χ3v) is 7.64. The molecule has 1 fully saturated rings. The Balaban J connectivity index is 1.28. The Morgan fingerprint density at radius 2 is 1.69 bits per heavy atom. The van der Waals surface area contributed by atoms with Gasteiger partial charge in [0.1, 0.15) is 17.8 Å². The maximum Gasteiger partial charge on any atom is 0.270 e. The molecule has 0 spiro atoms. The van der Waals surface area contributed by atoms with Crippen LogP contribution in [0.1, 0.15) is 30.5 Å². The molecule has 8 heteroatoms. The number of anilines is 2. The molecule has 0 aliphatic carbocycles. The average Bonchev–Trinajstić information content (AvgIpc) is 3.66. The highest BCUT2D eigenvalue weighted by atomic mass is 19.3. The van der Waals surface area contributed by atoms with Crippen LogP contribution < -0.4 is 15.1 Å². The summed E-state index contributed by atoms with van der Waals surface area (Å²) >= 11 is 0. The first-order valence-corrected chi connectivity index (χ1v) is 13.8. The van der Waals surface area contributed by atoms with Gasteiger partial charge in [-0.2, -0.15) is 5.10 Å². The first kappa shape index (κ1) is 27.6. The fraction of sp³-hybridized carbons (Fsp3) is 0.235. The number of carbonyl (C=O) groups is 1. The van der Waals surface area contributed by atoms with Crippen molar-refractivity contribution >= 4 is 23.0 Å². The normalized spacial score (nSPS) is 19.9. The zero-order valence-electron chi connectivity index (χ0n) is 23.6. The summed E-state index contributed by atoms with van der Waals surface area (Å²) in [5.41, 5.74) is 5.54. The molecule has 0 radical (unpaired) electrons. The number of nitrogens with zero attached hydrogens (tertiary/aromatic N) is 2. The lowest BCUT2D eigenvalue weighted by molar-refractivity contribution is -0.120. The molecule has 1 amide bonds. The van der Waals surface area contributed by atoms with Crippen LogP contribution in [0.3, 0.4) is 0 Å². The number of rotatable bonds is 9. The summed E-state index contributed by atoms with van der Waals surface area (Å²) in [6.07, 6.45) is -0.346. The van der Waals surface area contributed by atoms with Gasteiger partial charge in [-0.1, -0.05) is 72.8 Å². The first-order valence-electron chi connectivity index (χ1n) is 13.8. The molecule has 0 aromatic heterocycles. The van der Waals surface area contributed by atoms with Crippen LogP contribution in [-0.2, 0) is 21.9 Å². The van der Waals surface area contributed by atoms with Gasteiger partial charge in [-0.3, -0.25) is 4.79 Å². The van der Waals surface area contributed by atoms with Crippen LogP contribution in [0.15, 0.2) is 102 Å². The standard InChI is InChI=1S/C34H31F2N3O3/c1-21-29(31-32(42-31)37-26-16-10-15-25(19-26)34(2,35)36)33(40)39(38-21)27-18-24(17-22-11-6-4-7-12-22)30(41-3)28(20-27)23-13-8-5-9-14-23/h4-16,18-20,29,31-32,37H,17H2,1-3H3. The summed E-state index contributed by atoms with van der Waals surface area (Å²) in [6.45, 7) is 2.67. The van der Waals surface area contributed by atoms with Gasteiger partial charge in [-0.05, 0) is 42.3 Å². The smallest absolute Gasteiger partial charge is 0.270 e. The summed E-state index contributed by atoms with van der Waals surface area (Å²) in [4.78, 5) is 13.8. The van der Waals surface area contributed by atoms with E-state index in [0.717, 1.165) is 34.9 Å². The SMILES string of the molecule is COc1c(Cc2ccccc2)cc(N2N=C(C)C(C3OC3Nc3cccc(C(C)(F)F)c3)C2=O)cc1-c1ccccc1. The monoisotopic (exact) mass is 567 g/mol. The number of halogens is 2. The summed E-state index contributed by atoms with van der Waals surface area (Å²) in [5.74, 6) is -3.01. The van der Waals surface area contributed by atoms with E-state index in [2.05, 4.69) is 22.6 Å². The molecule has 6 rings (SSSR count). The van der Waals surface area contributed by atoms with Crippen LogP contribution in [0.5, 0.6) is 5.75 Å². The van der Waals surface area contributed by atoms with Gasteiger partial charge >= 0.3 is 0 Å². The van der Waals surface area contributed by atoms with Crippen molar-refractivity contribution in [2.75, 3.05) is 17.4 Å². The van der Waals surface area contributed by atoms with E-state index in [9.17, 15) is 13.6 Å². The number of hydrazone groups is 1. The van der Waals surface area contributed by atoms with E-state index < -0.39 is 24.2 Å². The van der Waals surface area contributed by atoms with Crippen LogP contribution >= 0.6 is 0 Å². The fourth-order valence-electron chi connectivity index (χ4n) is 5.50. The molecule has 4 aromatic rings. The molecule has 1 saturated heterocycles. The Labute approximate surface area is 243 Å². The highest BCUT2D eigenvalue weighted by molar-refractivity contribution is 6.15. The molecule has 2 aliphatic rings. The molecule has 214 valence electrons. The third kappa shape index (κ3) is 5.50. The van der Waals surface area contributed by atoms with E-state index in [1.165, 1.54) is 17.1 Å². The van der Waals surface area contributed by atoms with E-state index >= 15 is 0 Å².